The lowest BCUT2D eigenvalue weighted by atomic mass is 9.93. The summed E-state index contributed by atoms with van der Waals surface area (Å²) in [7, 11) is 0. The van der Waals surface area contributed by atoms with Crippen LogP contribution in [0, 0.1) is 5.92 Å². The summed E-state index contributed by atoms with van der Waals surface area (Å²) in [6.45, 7) is 3.18. The van der Waals surface area contributed by atoms with E-state index in [1.165, 1.54) is 19.3 Å². The number of carbonyl (C=O) groups excluding carboxylic acids is 1. The smallest absolute Gasteiger partial charge is 0.204 e. The number of ketones is 1. The number of H-pyrrole nitrogens is 1. The predicted molar refractivity (Wildman–Crippen MR) is 70.8 cm³/mol. The van der Waals surface area contributed by atoms with Gasteiger partial charge in [-0.25, -0.2) is 0 Å². The van der Waals surface area contributed by atoms with Crippen LogP contribution in [-0.4, -0.2) is 37.1 Å². The Labute approximate surface area is 108 Å². The summed E-state index contributed by atoms with van der Waals surface area (Å²) in [6.07, 6.45) is 6.59. The van der Waals surface area contributed by atoms with Crippen LogP contribution < -0.4 is 5.32 Å². The quantitative estimate of drug-likeness (QED) is 0.575. The van der Waals surface area contributed by atoms with Gasteiger partial charge in [-0.3, -0.25) is 4.79 Å². The molecular formula is C14H22N2O2. The van der Waals surface area contributed by atoms with Crippen LogP contribution in [0.4, 0.5) is 0 Å². The van der Waals surface area contributed by atoms with Crippen molar-refractivity contribution < 1.29 is 9.53 Å². The molecule has 1 aromatic rings. The molecule has 100 valence electrons. The fraction of sp³-hybridized carbons (Fsp3) is 0.643. The van der Waals surface area contributed by atoms with Crippen LogP contribution in [0.2, 0.25) is 0 Å². The Morgan fingerprint density at radius 1 is 1.39 bits per heavy atom. The number of ether oxygens (including phenoxy) is 1. The maximum absolute atomic E-state index is 11.6. The first-order valence-electron chi connectivity index (χ1n) is 6.81. The topological polar surface area (TPSA) is 54.1 Å². The molecule has 4 nitrogen and oxygen atoms in total. The van der Waals surface area contributed by atoms with Crippen LogP contribution in [0.3, 0.4) is 0 Å². The van der Waals surface area contributed by atoms with Gasteiger partial charge in [-0.05, 0) is 56.8 Å². The monoisotopic (exact) mass is 250 g/mol. The van der Waals surface area contributed by atoms with Gasteiger partial charge in [-0.1, -0.05) is 0 Å². The number of carbonyl (C=O) groups is 1. The molecule has 18 heavy (non-hydrogen) atoms. The zero-order valence-electron chi connectivity index (χ0n) is 10.8. The lowest BCUT2D eigenvalue weighted by molar-refractivity contribution is 0.0740. The van der Waals surface area contributed by atoms with Gasteiger partial charge in [0.25, 0.3) is 0 Å². The lowest BCUT2D eigenvalue weighted by Gasteiger charge is -2.22. The second-order valence-electron chi connectivity index (χ2n) is 4.90. The molecule has 4 heteroatoms. The van der Waals surface area contributed by atoms with E-state index in [0.717, 1.165) is 25.4 Å². The van der Waals surface area contributed by atoms with E-state index in [4.69, 9.17) is 4.74 Å². The maximum atomic E-state index is 11.6. The molecule has 0 bridgehead atoms. The Balaban J connectivity index is 1.52. The summed E-state index contributed by atoms with van der Waals surface area (Å²) in [5.74, 6) is 0.871. The van der Waals surface area contributed by atoms with Crippen LogP contribution >= 0.6 is 0 Å². The first kappa shape index (κ1) is 13.3. The molecule has 1 aliphatic heterocycles. The minimum atomic E-state index is 0.0295. The molecule has 1 aromatic heterocycles. The Morgan fingerprint density at radius 3 is 2.94 bits per heavy atom. The molecule has 1 saturated heterocycles. The van der Waals surface area contributed by atoms with Gasteiger partial charge in [0.1, 0.15) is 6.61 Å². The predicted octanol–water partition coefficient (Wildman–Crippen LogP) is 1.99. The summed E-state index contributed by atoms with van der Waals surface area (Å²) in [5, 5.41) is 3.37. The van der Waals surface area contributed by atoms with Crippen LogP contribution in [-0.2, 0) is 4.74 Å². The Hall–Kier alpha value is -1.13. The van der Waals surface area contributed by atoms with Gasteiger partial charge in [0.2, 0.25) is 5.78 Å². The van der Waals surface area contributed by atoms with Gasteiger partial charge in [-0.2, -0.15) is 0 Å². The van der Waals surface area contributed by atoms with E-state index in [2.05, 4.69) is 10.3 Å². The van der Waals surface area contributed by atoms with Crippen LogP contribution in [0.15, 0.2) is 18.3 Å². The number of nitrogens with one attached hydrogen (secondary N) is 2. The normalized spacial score (nSPS) is 16.9. The molecule has 1 fully saturated rings. The van der Waals surface area contributed by atoms with E-state index in [1.54, 1.807) is 12.3 Å². The zero-order valence-corrected chi connectivity index (χ0v) is 10.8. The molecule has 0 atom stereocenters. The highest BCUT2D eigenvalue weighted by atomic mass is 16.5. The molecule has 1 aliphatic rings. The van der Waals surface area contributed by atoms with E-state index in [0.29, 0.717) is 12.3 Å². The highest BCUT2D eigenvalue weighted by molar-refractivity contribution is 5.95. The number of Topliss-reactive ketones (excluding diaryl/α,β-unsaturated/α-hetero) is 1. The Bertz CT molecular complexity index is 343. The van der Waals surface area contributed by atoms with E-state index in [9.17, 15) is 4.79 Å². The summed E-state index contributed by atoms with van der Waals surface area (Å²) < 4.78 is 5.43. The molecule has 0 amide bonds. The highest BCUT2D eigenvalue weighted by Crippen LogP contribution is 2.17. The van der Waals surface area contributed by atoms with Crippen molar-refractivity contribution in [3.05, 3.63) is 24.0 Å². The standard InChI is InChI=1S/C14H22N2O2/c17-14(13-4-1-7-16-13)11-18-10-2-3-12-5-8-15-9-6-12/h1,4,7,12,15-16H,2-3,5-6,8-11H2. The van der Waals surface area contributed by atoms with Crippen molar-refractivity contribution in [3.8, 4) is 0 Å². The largest absolute Gasteiger partial charge is 0.373 e. The molecule has 2 N–H and O–H groups in total. The molecule has 0 radical (unpaired) electrons. The van der Waals surface area contributed by atoms with E-state index in [1.807, 2.05) is 6.07 Å². The average Bonchev–Trinajstić information content (AvgIpc) is 2.93. The van der Waals surface area contributed by atoms with Crippen molar-refractivity contribution in [2.45, 2.75) is 25.7 Å². The zero-order chi connectivity index (χ0) is 12.6. The maximum Gasteiger partial charge on any atom is 0.204 e. The fourth-order valence-corrected chi connectivity index (χ4v) is 2.39. The van der Waals surface area contributed by atoms with Gasteiger partial charge < -0.3 is 15.0 Å². The van der Waals surface area contributed by atoms with Gasteiger partial charge in [0, 0.05) is 12.8 Å². The van der Waals surface area contributed by atoms with Crippen LogP contribution in [0.1, 0.15) is 36.2 Å². The van der Waals surface area contributed by atoms with Crippen molar-refractivity contribution in [2.24, 2.45) is 5.92 Å². The Kier molecular flexibility index (Phi) is 5.42. The van der Waals surface area contributed by atoms with Crippen molar-refractivity contribution >= 4 is 5.78 Å². The second-order valence-corrected chi connectivity index (χ2v) is 4.90. The van der Waals surface area contributed by atoms with Gasteiger partial charge in [0.05, 0.1) is 5.69 Å². The molecule has 0 spiro atoms. The number of aromatic amines is 1. The second kappa shape index (κ2) is 7.34. The molecule has 2 heterocycles. The minimum absolute atomic E-state index is 0.0295. The number of hydrogen-bond acceptors (Lipinski definition) is 3. The molecule has 0 aromatic carbocycles. The summed E-state index contributed by atoms with van der Waals surface area (Å²) in [4.78, 5) is 14.5. The van der Waals surface area contributed by atoms with E-state index < -0.39 is 0 Å². The Morgan fingerprint density at radius 2 is 2.22 bits per heavy atom. The molecule has 0 saturated carbocycles. The van der Waals surface area contributed by atoms with E-state index in [-0.39, 0.29) is 12.4 Å². The lowest BCUT2D eigenvalue weighted by Crippen LogP contribution is -2.27. The third-order valence-corrected chi connectivity index (χ3v) is 3.49. The molecule has 0 aliphatic carbocycles. The summed E-state index contributed by atoms with van der Waals surface area (Å²) in [5.41, 5.74) is 0.633. The van der Waals surface area contributed by atoms with Crippen LogP contribution in [0.5, 0.6) is 0 Å². The molecule has 0 unspecified atom stereocenters. The highest BCUT2D eigenvalue weighted by Gasteiger charge is 2.12. The molecule has 2 rings (SSSR count). The van der Waals surface area contributed by atoms with Crippen molar-refractivity contribution in [2.75, 3.05) is 26.3 Å². The summed E-state index contributed by atoms with van der Waals surface area (Å²) >= 11 is 0. The number of piperidine rings is 1. The first-order valence-corrected chi connectivity index (χ1v) is 6.81. The third-order valence-electron chi connectivity index (χ3n) is 3.49. The van der Waals surface area contributed by atoms with E-state index >= 15 is 0 Å². The van der Waals surface area contributed by atoms with Gasteiger partial charge in [0.15, 0.2) is 0 Å². The number of rotatable bonds is 7. The first-order chi connectivity index (χ1) is 8.86. The summed E-state index contributed by atoms with van der Waals surface area (Å²) in [6, 6.07) is 3.60. The SMILES string of the molecule is O=C(COCCCC1CCNCC1)c1ccc[nH]1. The van der Waals surface area contributed by atoms with Gasteiger partial charge in [-0.15, -0.1) is 0 Å². The van der Waals surface area contributed by atoms with Crippen molar-refractivity contribution in [1.82, 2.24) is 10.3 Å². The third kappa shape index (κ3) is 4.27. The minimum Gasteiger partial charge on any atom is -0.373 e. The number of aromatic nitrogens is 1. The average molecular weight is 250 g/mol. The number of hydrogen-bond donors (Lipinski definition) is 2. The fourth-order valence-electron chi connectivity index (χ4n) is 2.39. The van der Waals surface area contributed by atoms with Crippen molar-refractivity contribution in [3.63, 3.8) is 0 Å². The van der Waals surface area contributed by atoms with Crippen LogP contribution in [0.25, 0.3) is 0 Å². The van der Waals surface area contributed by atoms with Gasteiger partial charge >= 0.3 is 0 Å². The molecular weight excluding hydrogens is 228 g/mol. The van der Waals surface area contributed by atoms with Crippen molar-refractivity contribution in [1.29, 1.82) is 0 Å².